The molecule has 0 unspecified atom stereocenters. The molecule has 118 valence electrons. The summed E-state index contributed by atoms with van der Waals surface area (Å²) >= 11 is 0. The van der Waals surface area contributed by atoms with Crippen LogP contribution in [0.2, 0.25) is 0 Å². The number of nitrogens with two attached hydrogens (primary N) is 1. The fourth-order valence-corrected chi connectivity index (χ4v) is 2.92. The number of likely N-dealkylation sites (tertiary alicyclic amines) is 1. The van der Waals surface area contributed by atoms with Crippen LogP contribution < -0.4 is 5.73 Å². The number of benzene rings is 1. The number of ketones is 1. The first-order chi connectivity index (χ1) is 11.2. The number of nitrogens with zero attached hydrogens (tertiary/aromatic N) is 3. The van der Waals surface area contributed by atoms with E-state index in [4.69, 9.17) is 5.73 Å². The third-order valence-corrected chi connectivity index (χ3v) is 4.08. The average Bonchev–Trinajstić information content (AvgIpc) is 3.03. The van der Waals surface area contributed by atoms with E-state index < -0.39 is 0 Å². The van der Waals surface area contributed by atoms with Crippen molar-refractivity contribution in [2.75, 3.05) is 12.3 Å². The molecule has 1 aliphatic heterocycles. The first-order valence-electron chi connectivity index (χ1n) is 7.62. The van der Waals surface area contributed by atoms with E-state index in [0.717, 1.165) is 12.8 Å². The lowest BCUT2D eigenvalue weighted by atomic mass is 10.0. The van der Waals surface area contributed by atoms with Crippen LogP contribution >= 0.6 is 0 Å². The van der Waals surface area contributed by atoms with E-state index in [1.165, 1.54) is 12.4 Å². The molecule has 0 spiro atoms. The van der Waals surface area contributed by atoms with Crippen LogP contribution in [0.5, 0.6) is 0 Å². The minimum Gasteiger partial charge on any atom is -0.382 e. The molecule has 1 saturated heterocycles. The van der Waals surface area contributed by atoms with Crippen molar-refractivity contribution in [2.24, 2.45) is 0 Å². The van der Waals surface area contributed by atoms with Crippen molar-refractivity contribution in [2.45, 2.75) is 25.3 Å². The smallest absolute Gasteiger partial charge is 0.276 e. The summed E-state index contributed by atoms with van der Waals surface area (Å²) in [4.78, 5) is 34.6. The molecule has 1 atom stereocenters. The van der Waals surface area contributed by atoms with Crippen LogP contribution in [0.25, 0.3) is 0 Å². The number of hydrogen-bond acceptors (Lipinski definition) is 5. The van der Waals surface area contributed by atoms with Gasteiger partial charge in [0.25, 0.3) is 5.91 Å². The second kappa shape index (κ2) is 6.56. The van der Waals surface area contributed by atoms with E-state index in [2.05, 4.69) is 9.97 Å². The van der Waals surface area contributed by atoms with Crippen LogP contribution in [-0.2, 0) is 0 Å². The van der Waals surface area contributed by atoms with Gasteiger partial charge in [0.1, 0.15) is 0 Å². The van der Waals surface area contributed by atoms with E-state index in [0.29, 0.717) is 18.5 Å². The maximum atomic E-state index is 12.6. The minimum atomic E-state index is -0.251. The van der Waals surface area contributed by atoms with Gasteiger partial charge in [0.2, 0.25) is 0 Å². The number of anilines is 1. The van der Waals surface area contributed by atoms with Gasteiger partial charge in [-0.05, 0) is 12.8 Å². The molecule has 0 saturated carbocycles. The van der Waals surface area contributed by atoms with Crippen molar-refractivity contribution in [3.05, 3.63) is 54.0 Å². The van der Waals surface area contributed by atoms with Crippen LogP contribution in [0.3, 0.4) is 0 Å². The highest BCUT2D eigenvalue weighted by Crippen LogP contribution is 2.24. The molecule has 1 aliphatic rings. The van der Waals surface area contributed by atoms with Gasteiger partial charge < -0.3 is 10.6 Å². The summed E-state index contributed by atoms with van der Waals surface area (Å²) in [6.07, 6.45) is 4.90. The summed E-state index contributed by atoms with van der Waals surface area (Å²) in [5.41, 5.74) is 6.57. The summed E-state index contributed by atoms with van der Waals surface area (Å²) in [7, 11) is 0. The molecule has 1 aromatic heterocycles. The Labute approximate surface area is 134 Å². The molecule has 0 bridgehead atoms. The van der Waals surface area contributed by atoms with Crippen LogP contribution in [0.1, 0.15) is 40.1 Å². The van der Waals surface area contributed by atoms with Crippen molar-refractivity contribution >= 4 is 17.5 Å². The lowest BCUT2D eigenvalue weighted by molar-refractivity contribution is 0.0712. The van der Waals surface area contributed by atoms with E-state index >= 15 is 0 Å². The maximum Gasteiger partial charge on any atom is 0.276 e. The molecule has 0 aliphatic carbocycles. The van der Waals surface area contributed by atoms with E-state index in [9.17, 15) is 9.59 Å². The lowest BCUT2D eigenvalue weighted by Gasteiger charge is -2.24. The Balaban J connectivity index is 1.74. The normalized spacial score (nSPS) is 17.2. The number of rotatable bonds is 4. The molecule has 2 N–H and O–H groups in total. The Kier molecular flexibility index (Phi) is 4.32. The zero-order valence-electron chi connectivity index (χ0n) is 12.7. The molecule has 1 amide bonds. The first-order valence-corrected chi connectivity index (χ1v) is 7.62. The Bertz CT molecular complexity index is 718. The molecule has 23 heavy (non-hydrogen) atoms. The molecule has 6 heteroatoms. The third kappa shape index (κ3) is 3.21. The summed E-state index contributed by atoms with van der Waals surface area (Å²) in [6, 6.07) is 9.03. The number of hydrogen-bond donors (Lipinski definition) is 1. The number of Topliss-reactive ketones (excluding diaryl/α,β-unsaturated/α-hetero) is 1. The topological polar surface area (TPSA) is 89.2 Å². The van der Waals surface area contributed by atoms with Gasteiger partial charge in [-0.15, -0.1) is 0 Å². The van der Waals surface area contributed by atoms with Crippen LogP contribution in [0, 0.1) is 0 Å². The highest BCUT2D eigenvalue weighted by molar-refractivity contribution is 5.99. The molecular formula is C17H18N4O2. The van der Waals surface area contributed by atoms with Gasteiger partial charge >= 0.3 is 0 Å². The molecule has 2 aromatic rings. The Morgan fingerprint density at radius 2 is 1.91 bits per heavy atom. The van der Waals surface area contributed by atoms with E-state index in [-0.39, 0.29) is 29.2 Å². The van der Waals surface area contributed by atoms with Gasteiger partial charge in [0.15, 0.2) is 17.3 Å². The van der Waals surface area contributed by atoms with Crippen molar-refractivity contribution in [1.82, 2.24) is 14.9 Å². The Hall–Kier alpha value is -2.76. The number of carbonyl (C=O) groups is 2. The predicted molar refractivity (Wildman–Crippen MR) is 85.9 cm³/mol. The number of amides is 1. The lowest BCUT2D eigenvalue weighted by Crippen LogP contribution is -2.37. The molecule has 3 rings (SSSR count). The van der Waals surface area contributed by atoms with Gasteiger partial charge in [0, 0.05) is 37.0 Å². The Morgan fingerprint density at radius 3 is 2.65 bits per heavy atom. The van der Waals surface area contributed by atoms with E-state index in [1.807, 2.05) is 18.2 Å². The van der Waals surface area contributed by atoms with Crippen LogP contribution in [0.4, 0.5) is 5.82 Å². The van der Waals surface area contributed by atoms with Crippen molar-refractivity contribution in [1.29, 1.82) is 0 Å². The van der Waals surface area contributed by atoms with Gasteiger partial charge in [-0.1, -0.05) is 30.3 Å². The fraction of sp³-hybridized carbons (Fsp3) is 0.294. The second-order valence-electron chi connectivity index (χ2n) is 5.58. The van der Waals surface area contributed by atoms with Crippen LogP contribution in [-0.4, -0.2) is 39.1 Å². The summed E-state index contributed by atoms with van der Waals surface area (Å²) in [5.74, 6) is -0.0843. The van der Waals surface area contributed by atoms with Crippen molar-refractivity contribution in [3.8, 4) is 0 Å². The zero-order chi connectivity index (χ0) is 16.2. The van der Waals surface area contributed by atoms with Gasteiger partial charge in [-0.2, -0.15) is 0 Å². The minimum absolute atomic E-state index is 0.0439. The molecule has 1 fully saturated rings. The third-order valence-electron chi connectivity index (χ3n) is 4.08. The van der Waals surface area contributed by atoms with Gasteiger partial charge in [0.05, 0.1) is 0 Å². The Morgan fingerprint density at radius 1 is 1.17 bits per heavy atom. The molecule has 0 radical (unpaired) electrons. The zero-order valence-corrected chi connectivity index (χ0v) is 12.7. The summed E-state index contributed by atoms with van der Waals surface area (Å²) in [5, 5.41) is 0. The van der Waals surface area contributed by atoms with Gasteiger partial charge in [-0.3, -0.25) is 9.59 Å². The second-order valence-corrected chi connectivity index (χ2v) is 5.58. The van der Waals surface area contributed by atoms with Crippen molar-refractivity contribution in [3.63, 3.8) is 0 Å². The SMILES string of the molecule is Nc1nccnc1C(=O)N1CCC[C@@H]1CC(=O)c1ccccc1. The summed E-state index contributed by atoms with van der Waals surface area (Å²) < 4.78 is 0. The number of aromatic nitrogens is 2. The quantitative estimate of drug-likeness (QED) is 0.872. The summed E-state index contributed by atoms with van der Waals surface area (Å²) in [6.45, 7) is 0.613. The molecule has 2 heterocycles. The van der Waals surface area contributed by atoms with E-state index in [1.54, 1.807) is 17.0 Å². The standard InChI is InChI=1S/C17H18N4O2/c18-16-15(19-8-9-20-16)17(23)21-10-4-7-13(21)11-14(22)12-5-2-1-3-6-12/h1-3,5-6,8-9,13H,4,7,10-11H2,(H2,18,20)/t13-/m1/s1. The largest absolute Gasteiger partial charge is 0.382 e. The fourth-order valence-electron chi connectivity index (χ4n) is 2.92. The first kappa shape index (κ1) is 15.1. The van der Waals surface area contributed by atoms with Crippen molar-refractivity contribution < 1.29 is 9.59 Å². The number of carbonyl (C=O) groups excluding carboxylic acids is 2. The van der Waals surface area contributed by atoms with Gasteiger partial charge in [-0.25, -0.2) is 9.97 Å². The predicted octanol–water partition coefficient (Wildman–Crippen LogP) is 1.94. The number of nitrogen functional groups attached to an aromatic ring is 1. The molecular weight excluding hydrogens is 292 g/mol. The average molecular weight is 310 g/mol. The molecule has 1 aromatic carbocycles. The molecule has 6 nitrogen and oxygen atoms in total. The monoisotopic (exact) mass is 310 g/mol. The highest BCUT2D eigenvalue weighted by Gasteiger charge is 2.32. The highest BCUT2D eigenvalue weighted by atomic mass is 16.2. The van der Waals surface area contributed by atoms with Crippen LogP contribution in [0.15, 0.2) is 42.7 Å². The maximum absolute atomic E-state index is 12.6.